The maximum Gasteiger partial charge on any atom is 0.357 e. The fraction of sp³-hybridized carbons (Fsp3) is 0.600. The minimum atomic E-state index is -0.355. The molecule has 84 valence electrons. The van der Waals surface area contributed by atoms with Crippen molar-refractivity contribution in [2.45, 2.75) is 19.6 Å². The van der Waals surface area contributed by atoms with Crippen molar-refractivity contribution < 1.29 is 9.53 Å². The van der Waals surface area contributed by atoms with E-state index in [-0.39, 0.29) is 5.97 Å². The fourth-order valence-electron chi connectivity index (χ4n) is 0.957. The second-order valence-electron chi connectivity index (χ2n) is 3.53. The van der Waals surface area contributed by atoms with E-state index in [1.807, 2.05) is 11.8 Å². The molecule has 1 rings (SSSR count). The summed E-state index contributed by atoms with van der Waals surface area (Å²) >= 11 is 3.36. The molecule has 0 aliphatic heterocycles. The molecule has 0 radical (unpaired) electrons. The van der Waals surface area contributed by atoms with Crippen LogP contribution in [-0.4, -0.2) is 23.8 Å². The number of nitrogens with zero attached hydrogens (tertiary/aromatic N) is 1. The van der Waals surface area contributed by atoms with E-state index in [2.05, 4.69) is 23.6 Å². The van der Waals surface area contributed by atoms with Gasteiger partial charge in [0.25, 0.3) is 0 Å². The van der Waals surface area contributed by atoms with Gasteiger partial charge in [-0.25, -0.2) is 9.78 Å². The van der Waals surface area contributed by atoms with Crippen molar-refractivity contribution >= 4 is 29.1 Å². The summed E-state index contributed by atoms with van der Waals surface area (Å²) in [6.45, 7) is 4.38. The Morgan fingerprint density at radius 3 is 3.00 bits per heavy atom. The van der Waals surface area contributed by atoms with E-state index in [1.165, 1.54) is 18.4 Å². The van der Waals surface area contributed by atoms with Gasteiger partial charge in [-0.15, -0.1) is 11.3 Å². The molecule has 0 fully saturated rings. The fourth-order valence-corrected chi connectivity index (χ4v) is 2.86. The molecule has 0 spiro atoms. The van der Waals surface area contributed by atoms with Gasteiger partial charge in [-0.05, 0) is 11.7 Å². The molecule has 0 N–H and O–H groups in total. The van der Waals surface area contributed by atoms with Gasteiger partial charge >= 0.3 is 5.97 Å². The summed E-state index contributed by atoms with van der Waals surface area (Å²) in [6, 6.07) is 0. The van der Waals surface area contributed by atoms with Crippen LogP contribution in [0.3, 0.4) is 0 Å². The number of aromatic nitrogens is 1. The van der Waals surface area contributed by atoms with Crippen LogP contribution in [0, 0.1) is 5.92 Å². The molecular weight excluding hydrogens is 230 g/mol. The van der Waals surface area contributed by atoms with Gasteiger partial charge < -0.3 is 4.74 Å². The lowest BCUT2D eigenvalue weighted by Gasteiger charge is -2.01. The molecule has 0 aliphatic rings. The van der Waals surface area contributed by atoms with E-state index in [0.717, 1.165) is 16.5 Å². The number of hydrogen-bond donors (Lipinski definition) is 0. The number of ether oxygens (including phenoxy) is 1. The Bertz CT molecular complexity index is 323. The monoisotopic (exact) mass is 245 g/mol. The smallest absolute Gasteiger partial charge is 0.357 e. The van der Waals surface area contributed by atoms with Gasteiger partial charge in [0.1, 0.15) is 5.01 Å². The molecule has 0 amide bonds. The van der Waals surface area contributed by atoms with Crippen molar-refractivity contribution in [1.82, 2.24) is 4.98 Å². The molecule has 1 aromatic heterocycles. The number of carbonyl (C=O) groups is 1. The number of thioether (sulfide) groups is 1. The summed E-state index contributed by atoms with van der Waals surface area (Å²) in [5.74, 6) is 2.33. The summed E-state index contributed by atoms with van der Waals surface area (Å²) < 4.78 is 4.59. The average molecular weight is 245 g/mol. The highest BCUT2D eigenvalue weighted by Crippen LogP contribution is 2.19. The minimum Gasteiger partial charge on any atom is -0.464 e. The van der Waals surface area contributed by atoms with E-state index in [9.17, 15) is 4.79 Å². The number of hydrogen-bond acceptors (Lipinski definition) is 5. The third-order valence-electron chi connectivity index (χ3n) is 1.62. The van der Waals surface area contributed by atoms with Crippen LogP contribution < -0.4 is 0 Å². The zero-order valence-corrected chi connectivity index (χ0v) is 10.8. The largest absolute Gasteiger partial charge is 0.464 e. The predicted octanol–water partition coefficient (Wildman–Crippen LogP) is 2.82. The van der Waals surface area contributed by atoms with Crippen LogP contribution in [0.1, 0.15) is 29.3 Å². The SMILES string of the molecule is COC(=O)c1csc(CSCC(C)C)n1. The first kappa shape index (κ1) is 12.5. The van der Waals surface area contributed by atoms with Crippen molar-refractivity contribution in [2.75, 3.05) is 12.9 Å². The van der Waals surface area contributed by atoms with Crippen LogP contribution in [0.25, 0.3) is 0 Å². The first-order valence-electron chi connectivity index (χ1n) is 4.74. The van der Waals surface area contributed by atoms with E-state index < -0.39 is 0 Å². The first-order chi connectivity index (χ1) is 7.13. The third-order valence-corrected chi connectivity index (χ3v) is 4.03. The van der Waals surface area contributed by atoms with Crippen molar-refractivity contribution in [1.29, 1.82) is 0 Å². The Kier molecular flexibility index (Phi) is 5.11. The van der Waals surface area contributed by atoms with Crippen LogP contribution >= 0.6 is 23.1 Å². The highest BCUT2D eigenvalue weighted by Gasteiger charge is 2.10. The lowest BCUT2D eigenvalue weighted by atomic mass is 10.3. The lowest BCUT2D eigenvalue weighted by molar-refractivity contribution is 0.0595. The minimum absolute atomic E-state index is 0.355. The normalized spacial score (nSPS) is 10.7. The van der Waals surface area contributed by atoms with E-state index >= 15 is 0 Å². The molecule has 0 atom stereocenters. The van der Waals surface area contributed by atoms with Gasteiger partial charge in [0, 0.05) is 11.1 Å². The third kappa shape index (κ3) is 4.22. The molecular formula is C10H15NO2S2. The van der Waals surface area contributed by atoms with Gasteiger partial charge in [0.2, 0.25) is 0 Å². The van der Waals surface area contributed by atoms with Crippen LogP contribution in [-0.2, 0) is 10.5 Å². The molecule has 0 aliphatic carbocycles. The van der Waals surface area contributed by atoms with Crippen molar-refractivity contribution in [3.63, 3.8) is 0 Å². The Balaban J connectivity index is 2.43. The molecule has 0 saturated carbocycles. The van der Waals surface area contributed by atoms with Crippen LogP contribution in [0.5, 0.6) is 0 Å². The summed E-state index contributed by atoms with van der Waals surface area (Å²) in [5.41, 5.74) is 0.419. The number of thiazole rings is 1. The predicted molar refractivity (Wildman–Crippen MR) is 64.5 cm³/mol. The van der Waals surface area contributed by atoms with Crippen molar-refractivity contribution in [3.05, 3.63) is 16.1 Å². The molecule has 1 heterocycles. The summed E-state index contributed by atoms with van der Waals surface area (Å²) in [7, 11) is 1.37. The van der Waals surface area contributed by atoms with Gasteiger partial charge in [-0.2, -0.15) is 11.8 Å². The maximum atomic E-state index is 11.1. The van der Waals surface area contributed by atoms with Crippen LogP contribution in [0.15, 0.2) is 5.38 Å². The molecule has 0 aromatic carbocycles. The Morgan fingerprint density at radius 1 is 1.67 bits per heavy atom. The van der Waals surface area contributed by atoms with E-state index in [1.54, 1.807) is 5.38 Å². The molecule has 0 unspecified atom stereocenters. The Morgan fingerprint density at radius 2 is 2.40 bits per heavy atom. The zero-order chi connectivity index (χ0) is 11.3. The van der Waals surface area contributed by atoms with Gasteiger partial charge in [0.05, 0.1) is 7.11 Å². The van der Waals surface area contributed by atoms with Gasteiger partial charge in [-0.3, -0.25) is 0 Å². The molecule has 0 saturated heterocycles. The highest BCUT2D eigenvalue weighted by atomic mass is 32.2. The molecule has 1 aromatic rings. The van der Waals surface area contributed by atoms with Crippen molar-refractivity contribution in [3.8, 4) is 0 Å². The number of carbonyl (C=O) groups excluding carboxylic acids is 1. The van der Waals surface area contributed by atoms with Gasteiger partial charge in [-0.1, -0.05) is 13.8 Å². The summed E-state index contributed by atoms with van der Waals surface area (Å²) in [4.78, 5) is 15.3. The number of esters is 1. The summed E-state index contributed by atoms with van der Waals surface area (Å²) in [5, 5.41) is 2.73. The molecule has 5 heteroatoms. The zero-order valence-electron chi connectivity index (χ0n) is 9.15. The maximum absolute atomic E-state index is 11.1. The standard InChI is InChI=1S/C10H15NO2S2/c1-7(2)4-14-6-9-11-8(5-15-9)10(12)13-3/h5,7H,4,6H2,1-3H3. The lowest BCUT2D eigenvalue weighted by Crippen LogP contribution is -2.01. The second-order valence-corrected chi connectivity index (χ2v) is 5.50. The Hall–Kier alpha value is -0.550. The quantitative estimate of drug-likeness (QED) is 0.748. The average Bonchev–Trinajstić information content (AvgIpc) is 2.65. The molecule has 15 heavy (non-hydrogen) atoms. The van der Waals surface area contributed by atoms with Gasteiger partial charge in [0.15, 0.2) is 5.69 Å². The van der Waals surface area contributed by atoms with Crippen LogP contribution in [0.2, 0.25) is 0 Å². The second kappa shape index (κ2) is 6.12. The summed E-state index contributed by atoms with van der Waals surface area (Å²) in [6.07, 6.45) is 0. The number of rotatable bonds is 5. The molecule has 0 bridgehead atoms. The van der Waals surface area contributed by atoms with E-state index in [4.69, 9.17) is 0 Å². The highest BCUT2D eigenvalue weighted by molar-refractivity contribution is 7.98. The topological polar surface area (TPSA) is 39.2 Å². The molecule has 3 nitrogen and oxygen atoms in total. The Labute approximate surface area is 98.2 Å². The van der Waals surface area contributed by atoms with E-state index in [0.29, 0.717) is 11.6 Å². The number of methoxy groups -OCH3 is 1. The van der Waals surface area contributed by atoms with Crippen LogP contribution in [0.4, 0.5) is 0 Å². The van der Waals surface area contributed by atoms with Crippen molar-refractivity contribution in [2.24, 2.45) is 5.92 Å². The first-order valence-corrected chi connectivity index (χ1v) is 6.77.